The largest absolute Gasteiger partial charge is 0.100 e. The van der Waals surface area contributed by atoms with Crippen molar-refractivity contribution in [2.45, 2.75) is 33.6 Å². The van der Waals surface area contributed by atoms with E-state index in [0.29, 0.717) is 0 Å². The second-order valence-electron chi connectivity index (χ2n) is 2.94. The molecule has 0 aliphatic rings. The summed E-state index contributed by atoms with van der Waals surface area (Å²) in [4.78, 5) is 0. The SMILES string of the molecule is C=C(C)CCC=C(C)C=CC. The summed E-state index contributed by atoms with van der Waals surface area (Å²) >= 11 is 0. The van der Waals surface area contributed by atoms with Gasteiger partial charge in [0.1, 0.15) is 0 Å². The fourth-order valence-electron chi connectivity index (χ4n) is 0.877. The van der Waals surface area contributed by atoms with E-state index >= 15 is 0 Å². The van der Waals surface area contributed by atoms with E-state index in [1.807, 2.05) is 6.92 Å². The van der Waals surface area contributed by atoms with Crippen LogP contribution in [0.5, 0.6) is 0 Å². The van der Waals surface area contributed by atoms with Gasteiger partial charge in [-0.05, 0) is 33.6 Å². The maximum absolute atomic E-state index is 3.85. The molecule has 0 aromatic carbocycles. The van der Waals surface area contributed by atoms with Crippen LogP contribution in [0.3, 0.4) is 0 Å². The molecule has 0 nitrogen and oxygen atoms in total. The molecular formula is C11H18. The molecule has 0 aliphatic carbocycles. The van der Waals surface area contributed by atoms with Crippen molar-refractivity contribution in [3.05, 3.63) is 36.0 Å². The van der Waals surface area contributed by atoms with Crippen LogP contribution in [-0.2, 0) is 0 Å². The smallest absolute Gasteiger partial charge is 0.0291 e. The highest BCUT2D eigenvalue weighted by atomic mass is 13.9. The van der Waals surface area contributed by atoms with Crippen molar-refractivity contribution in [2.24, 2.45) is 0 Å². The molecule has 11 heavy (non-hydrogen) atoms. The summed E-state index contributed by atoms with van der Waals surface area (Å²) in [6.45, 7) is 10.1. The number of rotatable bonds is 4. The van der Waals surface area contributed by atoms with E-state index in [4.69, 9.17) is 0 Å². The average Bonchev–Trinajstić information content (AvgIpc) is 1.87. The van der Waals surface area contributed by atoms with Crippen LogP contribution in [-0.4, -0.2) is 0 Å². The Labute approximate surface area is 70.3 Å². The monoisotopic (exact) mass is 150 g/mol. The van der Waals surface area contributed by atoms with Gasteiger partial charge in [-0.2, -0.15) is 0 Å². The zero-order valence-electron chi connectivity index (χ0n) is 7.85. The molecular weight excluding hydrogens is 132 g/mol. The van der Waals surface area contributed by atoms with E-state index in [1.54, 1.807) is 0 Å². The Morgan fingerprint density at radius 1 is 1.36 bits per heavy atom. The van der Waals surface area contributed by atoms with Gasteiger partial charge < -0.3 is 0 Å². The summed E-state index contributed by atoms with van der Waals surface area (Å²) in [6.07, 6.45) is 8.65. The van der Waals surface area contributed by atoms with E-state index in [-0.39, 0.29) is 0 Å². The van der Waals surface area contributed by atoms with Crippen LogP contribution < -0.4 is 0 Å². The van der Waals surface area contributed by atoms with Crippen molar-refractivity contribution in [1.82, 2.24) is 0 Å². The van der Waals surface area contributed by atoms with Gasteiger partial charge in [-0.15, -0.1) is 6.58 Å². The molecule has 0 radical (unpaired) electrons. The second kappa shape index (κ2) is 5.96. The summed E-state index contributed by atoms with van der Waals surface area (Å²) < 4.78 is 0. The topological polar surface area (TPSA) is 0 Å². The Bertz CT molecular complexity index is 170. The van der Waals surface area contributed by atoms with Crippen LogP contribution in [0, 0.1) is 0 Å². The third-order valence-corrected chi connectivity index (χ3v) is 1.47. The zero-order valence-corrected chi connectivity index (χ0v) is 7.85. The van der Waals surface area contributed by atoms with Gasteiger partial charge in [0.25, 0.3) is 0 Å². The molecule has 0 heterocycles. The molecule has 0 bridgehead atoms. The van der Waals surface area contributed by atoms with Gasteiger partial charge in [-0.1, -0.05) is 29.4 Å². The van der Waals surface area contributed by atoms with E-state index < -0.39 is 0 Å². The Balaban J connectivity index is 3.64. The van der Waals surface area contributed by atoms with Gasteiger partial charge in [-0.25, -0.2) is 0 Å². The van der Waals surface area contributed by atoms with Crippen LogP contribution in [0.15, 0.2) is 36.0 Å². The lowest BCUT2D eigenvalue weighted by atomic mass is 10.1. The molecule has 0 saturated carbocycles. The van der Waals surface area contributed by atoms with E-state index in [9.17, 15) is 0 Å². The Hall–Kier alpha value is -0.780. The first kappa shape index (κ1) is 10.2. The fourth-order valence-corrected chi connectivity index (χ4v) is 0.877. The Morgan fingerprint density at radius 3 is 2.45 bits per heavy atom. The minimum absolute atomic E-state index is 1.11. The van der Waals surface area contributed by atoms with E-state index in [2.05, 4.69) is 38.7 Å². The third kappa shape index (κ3) is 7.11. The molecule has 62 valence electrons. The number of allylic oxidation sites excluding steroid dienone is 5. The molecule has 0 fully saturated rings. The predicted molar refractivity (Wildman–Crippen MR) is 52.6 cm³/mol. The summed E-state index contributed by atoms with van der Waals surface area (Å²) in [5.74, 6) is 0. The van der Waals surface area contributed by atoms with Crippen LogP contribution in [0.25, 0.3) is 0 Å². The van der Waals surface area contributed by atoms with Crippen LogP contribution in [0.2, 0.25) is 0 Å². The van der Waals surface area contributed by atoms with Crippen LogP contribution in [0.4, 0.5) is 0 Å². The lowest BCUT2D eigenvalue weighted by Gasteiger charge is -1.94. The zero-order chi connectivity index (χ0) is 8.69. The molecule has 0 amide bonds. The molecule has 0 N–H and O–H groups in total. The Kier molecular flexibility index (Phi) is 5.54. The first-order chi connectivity index (χ1) is 5.16. The van der Waals surface area contributed by atoms with Gasteiger partial charge in [0.05, 0.1) is 0 Å². The van der Waals surface area contributed by atoms with Crippen molar-refractivity contribution in [2.75, 3.05) is 0 Å². The molecule has 0 spiro atoms. The standard InChI is InChI=1S/C11H18/c1-5-7-11(4)9-6-8-10(2)3/h5,7,9H,2,6,8H2,1,3-4H3. The van der Waals surface area contributed by atoms with Gasteiger partial charge in [0, 0.05) is 0 Å². The highest BCUT2D eigenvalue weighted by Crippen LogP contribution is 2.04. The van der Waals surface area contributed by atoms with Gasteiger partial charge in [0.2, 0.25) is 0 Å². The first-order valence-electron chi connectivity index (χ1n) is 4.10. The highest BCUT2D eigenvalue weighted by molar-refractivity contribution is 5.15. The molecule has 0 unspecified atom stereocenters. The highest BCUT2D eigenvalue weighted by Gasteiger charge is 1.84. The van der Waals surface area contributed by atoms with Crippen molar-refractivity contribution in [3.63, 3.8) is 0 Å². The molecule has 0 heteroatoms. The summed E-state index contributed by atoms with van der Waals surface area (Å²) in [5.41, 5.74) is 2.60. The normalized spacial score (nSPS) is 12.5. The van der Waals surface area contributed by atoms with Gasteiger partial charge in [-0.3, -0.25) is 0 Å². The molecule has 0 aromatic rings. The predicted octanol–water partition coefficient (Wildman–Crippen LogP) is 3.87. The summed E-state index contributed by atoms with van der Waals surface area (Å²) in [5, 5.41) is 0. The van der Waals surface area contributed by atoms with Crippen molar-refractivity contribution in [3.8, 4) is 0 Å². The first-order valence-corrected chi connectivity index (χ1v) is 4.10. The van der Waals surface area contributed by atoms with Crippen molar-refractivity contribution in [1.29, 1.82) is 0 Å². The number of hydrogen-bond donors (Lipinski definition) is 0. The number of hydrogen-bond acceptors (Lipinski definition) is 0. The molecule has 0 aromatic heterocycles. The van der Waals surface area contributed by atoms with Crippen molar-refractivity contribution < 1.29 is 0 Å². The maximum atomic E-state index is 3.85. The lowest BCUT2D eigenvalue weighted by molar-refractivity contribution is 0.977. The third-order valence-electron chi connectivity index (χ3n) is 1.47. The molecule has 0 saturated heterocycles. The molecule has 0 aliphatic heterocycles. The average molecular weight is 150 g/mol. The Morgan fingerprint density at radius 2 is 2.00 bits per heavy atom. The minimum Gasteiger partial charge on any atom is -0.100 e. The second-order valence-corrected chi connectivity index (χ2v) is 2.94. The molecule has 0 atom stereocenters. The van der Waals surface area contributed by atoms with Crippen LogP contribution in [0.1, 0.15) is 33.6 Å². The van der Waals surface area contributed by atoms with Gasteiger partial charge >= 0.3 is 0 Å². The summed E-state index contributed by atoms with van der Waals surface area (Å²) in [7, 11) is 0. The molecule has 0 rings (SSSR count). The van der Waals surface area contributed by atoms with Crippen LogP contribution >= 0.6 is 0 Å². The van der Waals surface area contributed by atoms with Gasteiger partial charge in [0.15, 0.2) is 0 Å². The van der Waals surface area contributed by atoms with Crippen molar-refractivity contribution >= 4 is 0 Å². The fraction of sp³-hybridized carbons (Fsp3) is 0.455. The minimum atomic E-state index is 1.11. The summed E-state index contributed by atoms with van der Waals surface area (Å²) in [6, 6.07) is 0. The van der Waals surface area contributed by atoms with E-state index in [1.165, 1.54) is 11.1 Å². The quantitative estimate of drug-likeness (QED) is 0.421. The van der Waals surface area contributed by atoms with E-state index in [0.717, 1.165) is 12.8 Å². The lowest BCUT2D eigenvalue weighted by Crippen LogP contribution is -1.74. The maximum Gasteiger partial charge on any atom is -0.0291 e.